The molecule has 3 nitrogen and oxygen atoms in total. The predicted molar refractivity (Wildman–Crippen MR) is 79.6 cm³/mol. The van der Waals surface area contributed by atoms with E-state index in [1.165, 1.54) is 5.56 Å². The fraction of sp³-hybridized carbons (Fsp3) is 0.600. The van der Waals surface area contributed by atoms with Gasteiger partial charge in [-0.2, -0.15) is 0 Å². The second kappa shape index (κ2) is 7.25. The maximum Gasteiger partial charge on any atom is 0.0623 e. The summed E-state index contributed by atoms with van der Waals surface area (Å²) in [4.78, 5) is 2.32. The van der Waals surface area contributed by atoms with Gasteiger partial charge in [-0.05, 0) is 25.2 Å². The molecule has 1 N–H and O–H groups in total. The summed E-state index contributed by atoms with van der Waals surface area (Å²) in [6.45, 7) is 6.74. The van der Waals surface area contributed by atoms with Crippen molar-refractivity contribution in [1.82, 2.24) is 10.2 Å². The number of benzene rings is 1. The summed E-state index contributed by atoms with van der Waals surface area (Å²) in [7, 11) is 2.14. The molecule has 0 amide bonds. The van der Waals surface area contributed by atoms with Crippen molar-refractivity contribution in [1.29, 1.82) is 0 Å². The van der Waals surface area contributed by atoms with Crippen LogP contribution in [0.2, 0.25) is 5.02 Å². The molecule has 1 aliphatic heterocycles. The van der Waals surface area contributed by atoms with Gasteiger partial charge in [-0.1, -0.05) is 36.7 Å². The molecule has 0 radical (unpaired) electrons. The second-order valence-electron chi connectivity index (χ2n) is 5.25. The first kappa shape index (κ1) is 14.8. The van der Waals surface area contributed by atoms with Crippen LogP contribution < -0.4 is 5.32 Å². The summed E-state index contributed by atoms with van der Waals surface area (Å²) in [5.74, 6) is 0.562. The largest absolute Gasteiger partial charge is 0.379 e. The monoisotopic (exact) mass is 282 g/mol. The van der Waals surface area contributed by atoms with Crippen LogP contribution in [0.3, 0.4) is 0 Å². The van der Waals surface area contributed by atoms with Crippen LogP contribution in [0.5, 0.6) is 0 Å². The van der Waals surface area contributed by atoms with Gasteiger partial charge < -0.3 is 15.0 Å². The van der Waals surface area contributed by atoms with E-state index in [1.54, 1.807) is 0 Å². The van der Waals surface area contributed by atoms with Crippen molar-refractivity contribution in [2.45, 2.75) is 19.5 Å². The molecule has 4 heteroatoms. The smallest absolute Gasteiger partial charge is 0.0623 e. The van der Waals surface area contributed by atoms with Gasteiger partial charge in [0.1, 0.15) is 0 Å². The Bertz CT molecular complexity index is 399. The number of rotatable bonds is 6. The van der Waals surface area contributed by atoms with E-state index in [2.05, 4.69) is 30.3 Å². The molecule has 19 heavy (non-hydrogen) atoms. The fourth-order valence-electron chi connectivity index (χ4n) is 2.65. The Kier molecular flexibility index (Phi) is 5.64. The topological polar surface area (TPSA) is 24.5 Å². The Balaban J connectivity index is 1.87. The average molecular weight is 283 g/mol. The van der Waals surface area contributed by atoms with E-state index in [-0.39, 0.29) is 0 Å². The third-order valence-electron chi connectivity index (χ3n) is 3.61. The molecule has 0 aromatic heterocycles. The quantitative estimate of drug-likeness (QED) is 0.867. The lowest BCUT2D eigenvalue weighted by molar-refractivity contribution is 0.172. The van der Waals surface area contributed by atoms with Crippen molar-refractivity contribution in [2.24, 2.45) is 5.92 Å². The van der Waals surface area contributed by atoms with Crippen LogP contribution in [0.25, 0.3) is 0 Å². The van der Waals surface area contributed by atoms with Gasteiger partial charge in [-0.3, -0.25) is 0 Å². The van der Waals surface area contributed by atoms with Crippen LogP contribution >= 0.6 is 11.6 Å². The number of hydrogen-bond acceptors (Lipinski definition) is 3. The molecule has 0 aliphatic carbocycles. The van der Waals surface area contributed by atoms with Crippen LogP contribution in [-0.4, -0.2) is 44.3 Å². The molecular weight excluding hydrogens is 260 g/mol. The minimum Gasteiger partial charge on any atom is -0.379 e. The number of nitrogens with zero attached hydrogens (tertiary/aromatic N) is 1. The lowest BCUT2D eigenvalue weighted by Crippen LogP contribution is -2.40. The molecule has 2 unspecified atom stereocenters. The molecule has 0 saturated carbocycles. The normalized spacial score (nSPS) is 23.2. The van der Waals surface area contributed by atoms with Gasteiger partial charge in [-0.25, -0.2) is 0 Å². The zero-order chi connectivity index (χ0) is 13.7. The fourth-order valence-corrected chi connectivity index (χ4v) is 2.84. The molecule has 1 aromatic carbocycles. The van der Waals surface area contributed by atoms with Gasteiger partial charge in [0.25, 0.3) is 0 Å². The number of halogens is 1. The third-order valence-corrected chi connectivity index (χ3v) is 3.98. The summed E-state index contributed by atoms with van der Waals surface area (Å²) in [5, 5.41) is 4.34. The first-order valence-electron chi connectivity index (χ1n) is 6.93. The van der Waals surface area contributed by atoms with Crippen molar-refractivity contribution in [3.05, 3.63) is 34.9 Å². The highest BCUT2D eigenvalue weighted by atomic mass is 35.5. The van der Waals surface area contributed by atoms with Crippen LogP contribution in [-0.2, 0) is 11.3 Å². The molecule has 1 fully saturated rings. The molecular formula is C15H23ClN2O. The van der Waals surface area contributed by atoms with Crippen molar-refractivity contribution in [3.8, 4) is 0 Å². The Morgan fingerprint density at radius 2 is 2.16 bits per heavy atom. The van der Waals surface area contributed by atoms with Gasteiger partial charge in [0.2, 0.25) is 0 Å². The molecule has 0 bridgehead atoms. The Hall–Kier alpha value is -0.610. The number of hydrogen-bond donors (Lipinski definition) is 1. The predicted octanol–water partition coefficient (Wildman–Crippen LogP) is 2.40. The van der Waals surface area contributed by atoms with Gasteiger partial charge in [0.05, 0.1) is 13.2 Å². The van der Waals surface area contributed by atoms with Crippen LogP contribution in [0.4, 0.5) is 0 Å². The lowest BCUT2D eigenvalue weighted by atomic mass is 10.0. The zero-order valence-electron chi connectivity index (χ0n) is 11.7. The van der Waals surface area contributed by atoms with E-state index in [1.807, 2.05) is 18.2 Å². The van der Waals surface area contributed by atoms with Crippen LogP contribution in [0.1, 0.15) is 12.5 Å². The van der Waals surface area contributed by atoms with Crippen molar-refractivity contribution in [3.63, 3.8) is 0 Å². The highest BCUT2D eigenvalue weighted by Crippen LogP contribution is 2.19. The van der Waals surface area contributed by atoms with Gasteiger partial charge in [-0.15, -0.1) is 0 Å². The van der Waals surface area contributed by atoms with E-state index >= 15 is 0 Å². The lowest BCUT2D eigenvalue weighted by Gasteiger charge is -2.25. The first-order chi connectivity index (χ1) is 9.20. The molecule has 0 spiro atoms. The zero-order valence-corrected chi connectivity index (χ0v) is 12.5. The standard InChI is InChI=1S/C15H23ClN2O/c1-3-17-15-11-19-10-13(15)9-18(2)8-12-6-4-5-7-14(12)16/h4-7,13,15,17H,3,8-11H2,1-2H3. The van der Waals surface area contributed by atoms with Crippen LogP contribution in [0.15, 0.2) is 24.3 Å². The number of ether oxygens (including phenoxy) is 1. The van der Waals surface area contributed by atoms with E-state index in [0.717, 1.165) is 37.9 Å². The van der Waals surface area contributed by atoms with E-state index < -0.39 is 0 Å². The van der Waals surface area contributed by atoms with E-state index in [9.17, 15) is 0 Å². The molecule has 1 aromatic rings. The van der Waals surface area contributed by atoms with Gasteiger partial charge in [0.15, 0.2) is 0 Å². The Morgan fingerprint density at radius 3 is 2.89 bits per heavy atom. The van der Waals surface area contributed by atoms with Crippen molar-refractivity contribution < 1.29 is 4.74 Å². The number of nitrogens with one attached hydrogen (secondary N) is 1. The summed E-state index contributed by atoms with van der Waals surface area (Å²) in [6.07, 6.45) is 0. The maximum atomic E-state index is 6.20. The summed E-state index contributed by atoms with van der Waals surface area (Å²) in [6, 6.07) is 8.53. The molecule has 1 saturated heterocycles. The Labute approximate surface area is 120 Å². The third kappa shape index (κ3) is 4.18. The molecule has 1 heterocycles. The average Bonchev–Trinajstić information content (AvgIpc) is 2.80. The SMILES string of the molecule is CCNC1COCC1CN(C)Cc1ccccc1Cl. The highest BCUT2D eigenvalue weighted by Gasteiger charge is 2.28. The summed E-state index contributed by atoms with van der Waals surface area (Å²) in [5.41, 5.74) is 1.19. The van der Waals surface area contributed by atoms with Crippen molar-refractivity contribution >= 4 is 11.6 Å². The molecule has 2 atom stereocenters. The Morgan fingerprint density at radius 1 is 1.37 bits per heavy atom. The summed E-state index contributed by atoms with van der Waals surface area (Å²) >= 11 is 6.20. The molecule has 106 valence electrons. The van der Waals surface area contributed by atoms with E-state index in [0.29, 0.717) is 12.0 Å². The van der Waals surface area contributed by atoms with Gasteiger partial charge in [0, 0.05) is 30.1 Å². The summed E-state index contributed by atoms with van der Waals surface area (Å²) < 4.78 is 5.58. The highest BCUT2D eigenvalue weighted by molar-refractivity contribution is 6.31. The molecule has 1 aliphatic rings. The first-order valence-corrected chi connectivity index (χ1v) is 7.31. The number of likely N-dealkylation sites (N-methyl/N-ethyl adjacent to an activating group) is 1. The molecule has 2 rings (SSSR count). The van der Waals surface area contributed by atoms with Crippen LogP contribution in [0, 0.1) is 5.92 Å². The van der Waals surface area contributed by atoms with Gasteiger partial charge >= 0.3 is 0 Å². The minimum absolute atomic E-state index is 0.485. The maximum absolute atomic E-state index is 6.20. The van der Waals surface area contributed by atoms with Crippen molar-refractivity contribution in [2.75, 3.05) is 33.4 Å². The second-order valence-corrected chi connectivity index (χ2v) is 5.66. The van der Waals surface area contributed by atoms with E-state index in [4.69, 9.17) is 16.3 Å². The minimum atomic E-state index is 0.485.